The Balaban J connectivity index is 1.99. The molecule has 1 aromatic rings. The van der Waals surface area contributed by atoms with Crippen molar-refractivity contribution in [2.75, 3.05) is 13.1 Å². The lowest BCUT2D eigenvalue weighted by atomic mass is 9.81. The molecule has 0 radical (unpaired) electrons. The highest BCUT2D eigenvalue weighted by molar-refractivity contribution is 7.89. The van der Waals surface area contributed by atoms with Crippen molar-refractivity contribution >= 4 is 15.9 Å². The van der Waals surface area contributed by atoms with Gasteiger partial charge in [-0.25, -0.2) is 12.8 Å². The van der Waals surface area contributed by atoms with Gasteiger partial charge in [-0.15, -0.1) is 0 Å². The van der Waals surface area contributed by atoms with Crippen molar-refractivity contribution < 1.29 is 17.6 Å². The van der Waals surface area contributed by atoms with Crippen LogP contribution in [0.5, 0.6) is 0 Å². The monoisotopic (exact) mass is 398 g/mol. The maximum absolute atomic E-state index is 13.9. The topological polar surface area (TPSA) is 66.5 Å². The number of hydrogen-bond acceptors (Lipinski definition) is 3. The highest BCUT2D eigenvalue weighted by atomic mass is 32.2. The Labute approximate surface area is 162 Å². The molecule has 0 aromatic heterocycles. The number of hydrogen-bond donors (Lipinski definition) is 1. The predicted molar refractivity (Wildman–Crippen MR) is 104 cm³/mol. The molecule has 0 bridgehead atoms. The predicted octanol–water partition coefficient (Wildman–Crippen LogP) is 3.56. The van der Waals surface area contributed by atoms with Crippen LogP contribution in [0.15, 0.2) is 29.2 Å². The molecule has 0 spiro atoms. The Bertz CT molecular complexity index is 777. The molecule has 0 saturated carbocycles. The second kappa shape index (κ2) is 7.87. The van der Waals surface area contributed by atoms with Crippen LogP contribution in [0.2, 0.25) is 0 Å². The number of nitrogens with one attached hydrogen (secondary N) is 1. The average Bonchev–Trinajstić information content (AvgIpc) is 2.52. The number of carbonyl (C=O) groups excluding carboxylic acids is 1. The first-order chi connectivity index (χ1) is 12.3. The summed E-state index contributed by atoms with van der Waals surface area (Å²) in [4.78, 5) is 12.3. The van der Waals surface area contributed by atoms with Crippen LogP contribution in [-0.2, 0) is 14.8 Å². The van der Waals surface area contributed by atoms with Gasteiger partial charge in [0.05, 0.1) is 0 Å². The number of nitrogens with zero attached hydrogens (tertiary/aromatic N) is 1. The molecule has 1 aliphatic rings. The Morgan fingerprint density at radius 2 is 1.70 bits per heavy atom. The van der Waals surface area contributed by atoms with E-state index in [4.69, 9.17) is 0 Å². The molecule has 1 amide bonds. The second-order valence-corrected chi connectivity index (χ2v) is 11.1. The van der Waals surface area contributed by atoms with Gasteiger partial charge >= 0.3 is 0 Å². The molecule has 5 nitrogen and oxygen atoms in total. The molecule has 152 valence electrons. The molecule has 0 unspecified atom stereocenters. The van der Waals surface area contributed by atoms with Crippen LogP contribution in [0.25, 0.3) is 0 Å². The summed E-state index contributed by atoms with van der Waals surface area (Å²) in [5.74, 6) is -1.01. The van der Waals surface area contributed by atoms with Gasteiger partial charge in [-0.2, -0.15) is 4.31 Å². The van der Waals surface area contributed by atoms with Gasteiger partial charge in [-0.1, -0.05) is 32.9 Å². The summed E-state index contributed by atoms with van der Waals surface area (Å²) in [5.41, 5.74) is -0.236. The van der Waals surface area contributed by atoms with E-state index in [1.807, 2.05) is 13.8 Å². The molecule has 1 saturated heterocycles. The molecule has 1 aromatic carbocycles. The summed E-state index contributed by atoms with van der Waals surface area (Å²) >= 11 is 0. The number of rotatable bonds is 5. The van der Waals surface area contributed by atoms with Crippen LogP contribution in [0, 0.1) is 17.2 Å². The van der Waals surface area contributed by atoms with Crippen molar-refractivity contribution in [2.45, 2.75) is 64.3 Å². The van der Waals surface area contributed by atoms with Gasteiger partial charge in [0.1, 0.15) is 10.7 Å². The van der Waals surface area contributed by atoms with Gasteiger partial charge < -0.3 is 5.32 Å². The van der Waals surface area contributed by atoms with E-state index < -0.39 is 15.8 Å². The minimum Gasteiger partial charge on any atom is -0.351 e. The third kappa shape index (κ3) is 5.75. The van der Waals surface area contributed by atoms with Crippen molar-refractivity contribution in [2.24, 2.45) is 11.3 Å². The summed E-state index contributed by atoms with van der Waals surface area (Å²) < 4.78 is 40.5. The summed E-state index contributed by atoms with van der Waals surface area (Å²) in [6.45, 7) is 10.8. The first kappa shape index (κ1) is 21.8. The van der Waals surface area contributed by atoms with Gasteiger partial charge in [0.15, 0.2) is 0 Å². The third-order valence-corrected chi connectivity index (χ3v) is 6.64. The van der Waals surface area contributed by atoms with Crippen LogP contribution in [-0.4, -0.2) is 37.3 Å². The van der Waals surface area contributed by atoms with E-state index in [2.05, 4.69) is 26.1 Å². The second-order valence-electron chi connectivity index (χ2n) is 9.22. The molecule has 1 aliphatic heterocycles. The van der Waals surface area contributed by atoms with Crippen molar-refractivity contribution in [1.82, 2.24) is 9.62 Å². The average molecular weight is 399 g/mol. The Morgan fingerprint density at radius 1 is 1.15 bits per heavy atom. The van der Waals surface area contributed by atoms with Gasteiger partial charge in [0.2, 0.25) is 15.9 Å². The van der Waals surface area contributed by atoms with Crippen LogP contribution in [0.4, 0.5) is 4.39 Å². The van der Waals surface area contributed by atoms with E-state index in [0.717, 1.165) is 12.5 Å². The summed E-state index contributed by atoms with van der Waals surface area (Å²) in [5, 5.41) is 3.11. The Kier molecular flexibility index (Phi) is 6.37. The van der Waals surface area contributed by atoms with E-state index in [1.54, 1.807) is 0 Å². The number of benzene rings is 1. The highest BCUT2D eigenvalue weighted by Crippen LogP contribution is 2.29. The maximum Gasteiger partial charge on any atom is 0.245 e. The zero-order valence-electron chi connectivity index (χ0n) is 16.9. The lowest BCUT2D eigenvalue weighted by Crippen LogP contribution is -2.50. The molecular formula is C20H31FN2O3S. The molecule has 0 aliphatic carbocycles. The van der Waals surface area contributed by atoms with E-state index in [9.17, 15) is 17.6 Å². The van der Waals surface area contributed by atoms with Crippen LogP contribution in [0.3, 0.4) is 0 Å². The fraction of sp³-hybridized carbons (Fsp3) is 0.650. The standard InChI is InChI=1S/C20H31FN2O3S/c1-19(2,3)14-20(4,5)22-18(24)15-10-12-23(13-11-15)27(25,26)17-9-7-6-8-16(17)21/h6-9,15H,10-14H2,1-5H3,(H,22,24). The Hall–Kier alpha value is -1.47. The van der Waals surface area contributed by atoms with Gasteiger partial charge in [0, 0.05) is 24.5 Å². The molecule has 27 heavy (non-hydrogen) atoms. The number of carbonyl (C=O) groups is 1. The molecule has 1 N–H and O–H groups in total. The van der Waals surface area contributed by atoms with E-state index in [-0.39, 0.29) is 40.8 Å². The lowest BCUT2D eigenvalue weighted by Gasteiger charge is -2.36. The Morgan fingerprint density at radius 3 is 2.22 bits per heavy atom. The number of sulfonamides is 1. The maximum atomic E-state index is 13.9. The minimum absolute atomic E-state index is 0.0350. The fourth-order valence-corrected chi connectivity index (χ4v) is 5.49. The molecule has 1 heterocycles. The van der Waals surface area contributed by atoms with Crippen molar-refractivity contribution in [3.63, 3.8) is 0 Å². The van der Waals surface area contributed by atoms with Crippen LogP contribution < -0.4 is 5.32 Å². The largest absolute Gasteiger partial charge is 0.351 e. The summed E-state index contributed by atoms with van der Waals surface area (Å²) in [6, 6.07) is 5.39. The van der Waals surface area contributed by atoms with Crippen molar-refractivity contribution in [3.8, 4) is 0 Å². The lowest BCUT2D eigenvalue weighted by molar-refractivity contribution is -0.128. The molecular weight excluding hydrogens is 367 g/mol. The van der Waals surface area contributed by atoms with Crippen molar-refractivity contribution in [1.29, 1.82) is 0 Å². The summed E-state index contributed by atoms with van der Waals surface area (Å²) in [6.07, 6.45) is 1.71. The minimum atomic E-state index is -3.87. The molecule has 1 fully saturated rings. The normalized spacial score (nSPS) is 17.7. The van der Waals surface area contributed by atoms with E-state index in [1.165, 1.54) is 22.5 Å². The highest BCUT2D eigenvalue weighted by Gasteiger charge is 2.35. The zero-order chi connectivity index (χ0) is 20.5. The molecule has 0 atom stereocenters. The fourth-order valence-electron chi connectivity index (χ4n) is 3.96. The van der Waals surface area contributed by atoms with Crippen LogP contribution >= 0.6 is 0 Å². The van der Waals surface area contributed by atoms with Gasteiger partial charge in [-0.05, 0) is 50.7 Å². The summed E-state index contributed by atoms with van der Waals surface area (Å²) in [7, 11) is -3.87. The first-order valence-electron chi connectivity index (χ1n) is 9.39. The molecule has 2 rings (SSSR count). The van der Waals surface area contributed by atoms with Gasteiger partial charge in [-0.3, -0.25) is 4.79 Å². The quantitative estimate of drug-likeness (QED) is 0.825. The van der Waals surface area contributed by atoms with E-state index >= 15 is 0 Å². The van der Waals surface area contributed by atoms with Crippen molar-refractivity contribution in [3.05, 3.63) is 30.1 Å². The first-order valence-corrected chi connectivity index (χ1v) is 10.8. The molecule has 7 heteroatoms. The van der Waals surface area contributed by atoms with Crippen LogP contribution in [0.1, 0.15) is 53.9 Å². The van der Waals surface area contributed by atoms with Gasteiger partial charge in [0.25, 0.3) is 0 Å². The number of halogens is 1. The zero-order valence-corrected chi connectivity index (χ0v) is 17.7. The number of piperidine rings is 1. The van der Waals surface area contributed by atoms with E-state index in [0.29, 0.717) is 12.8 Å². The third-order valence-electron chi connectivity index (χ3n) is 4.71. The smallest absolute Gasteiger partial charge is 0.245 e. The SMILES string of the molecule is CC(C)(C)CC(C)(C)NC(=O)C1CCN(S(=O)(=O)c2ccccc2F)CC1. The number of amides is 1.